The monoisotopic (exact) mass is 267 g/mol. The normalized spacial score (nSPS) is 22.8. The summed E-state index contributed by atoms with van der Waals surface area (Å²) < 4.78 is 5.45. The molecule has 104 valence electrons. The van der Waals surface area contributed by atoms with Gasteiger partial charge < -0.3 is 15.4 Å². The third-order valence-electron chi connectivity index (χ3n) is 3.07. The molecule has 19 heavy (non-hydrogen) atoms. The van der Waals surface area contributed by atoms with Gasteiger partial charge in [-0.1, -0.05) is 0 Å². The molecule has 8 nitrogen and oxygen atoms in total. The molecule has 2 unspecified atom stereocenters. The molecule has 1 fully saturated rings. The van der Waals surface area contributed by atoms with Crippen molar-refractivity contribution in [3.8, 4) is 0 Å². The molecule has 0 amide bonds. The second-order valence-electron chi connectivity index (χ2n) is 4.47. The maximum absolute atomic E-state index is 11.1. The van der Waals surface area contributed by atoms with Gasteiger partial charge in [0.2, 0.25) is 11.6 Å². The Balaban J connectivity index is 2.21. The van der Waals surface area contributed by atoms with Gasteiger partial charge in [0.05, 0.1) is 11.0 Å². The Morgan fingerprint density at radius 1 is 1.47 bits per heavy atom. The van der Waals surface area contributed by atoms with E-state index in [2.05, 4.69) is 20.6 Å². The van der Waals surface area contributed by atoms with E-state index in [1.807, 2.05) is 6.92 Å². The predicted octanol–water partition coefficient (Wildman–Crippen LogP) is 1.41. The largest absolute Gasteiger partial charge is 0.378 e. The van der Waals surface area contributed by atoms with Crippen LogP contribution in [0, 0.1) is 10.1 Å². The fourth-order valence-corrected chi connectivity index (χ4v) is 2.16. The van der Waals surface area contributed by atoms with Gasteiger partial charge in [-0.3, -0.25) is 10.1 Å². The average Bonchev–Trinajstić information content (AvgIpc) is 2.38. The van der Waals surface area contributed by atoms with Gasteiger partial charge in [0.25, 0.3) is 0 Å². The molecule has 2 atom stereocenters. The first kappa shape index (κ1) is 13.5. The number of hydrogen-bond acceptors (Lipinski definition) is 7. The molecule has 1 aromatic rings. The Bertz CT molecular complexity index is 468. The minimum absolute atomic E-state index is 0.121. The van der Waals surface area contributed by atoms with Crippen molar-refractivity contribution in [2.75, 3.05) is 24.3 Å². The molecule has 8 heteroatoms. The molecule has 0 bridgehead atoms. The molecule has 1 aliphatic rings. The maximum Gasteiger partial charge on any atom is 0.353 e. The lowest BCUT2D eigenvalue weighted by atomic mass is 10.0. The summed E-state index contributed by atoms with van der Waals surface area (Å²) >= 11 is 0. The lowest BCUT2D eigenvalue weighted by Gasteiger charge is -2.28. The van der Waals surface area contributed by atoms with Gasteiger partial charge in [0.1, 0.15) is 6.33 Å². The molecule has 0 aromatic carbocycles. The van der Waals surface area contributed by atoms with Crippen LogP contribution in [-0.2, 0) is 4.74 Å². The average molecular weight is 267 g/mol. The molecule has 2 heterocycles. The molecule has 0 radical (unpaired) electrons. The summed E-state index contributed by atoms with van der Waals surface area (Å²) in [7, 11) is 1.59. The third-order valence-corrected chi connectivity index (χ3v) is 3.07. The van der Waals surface area contributed by atoms with Crippen molar-refractivity contribution >= 4 is 17.3 Å². The zero-order valence-corrected chi connectivity index (χ0v) is 10.9. The molecule has 0 saturated carbocycles. The van der Waals surface area contributed by atoms with Crippen LogP contribution in [-0.4, -0.2) is 40.7 Å². The SMILES string of the molecule is CNc1ncnc(NC2CCOC(C)C2)c1[N+](=O)[O-]. The molecule has 1 aliphatic heterocycles. The maximum atomic E-state index is 11.1. The van der Waals surface area contributed by atoms with Crippen molar-refractivity contribution in [3.05, 3.63) is 16.4 Å². The quantitative estimate of drug-likeness (QED) is 0.628. The Labute approximate surface area is 110 Å². The van der Waals surface area contributed by atoms with Crippen LogP contribution in [0.3, 0.4) is 0 Å². The highest BCUT2D eigenvalue weighted by Gasteiger charge is 2.26. The molecule has 1 aromatic heterocycles. The van der Waals surface area contributed by atoms with E-state index in [1.54, 1.807) is 7.05 Å². The topological polar surface area (TPSA) is 102 Å². The van der Waals surface area contributed by atoms with Crippen molar-refractivity contribution < 1.29 is 9.66 Å². The number of nitrogens with one attached hydrogen (secondary N) is 2. The Morgan fingerprint density at radius 3 is 2.84 bits per heavy atom. The second-order valence-corrected chi connectivity index (χ2v) is 4.47. The second kappa shape index (κ2) is 5.79. The first-order valence-corrected chi connectivity index (χ1v) is 6.17. The van der Waals surface area contributed by atoms with Crippen LogP contribution < -0.4 is 10.6 Å². The minimum Gasteiger partial charge on any atom is -0.378 e. The van der Waals surface area contributed by atoms with Crippen LogP contribution >= 0.6 is 0 Å². The summed E-state index contributed by atoms with van der Waals surface area (Å²) in [4.78, 5) is 18.5. The smallest absolute Gasteiger partial charge is 0.353 e. The van der Waals surface area contributed by atoms with Gasteiger partial charge in [0.15, 0.2) is 0 Å². The Kier molecular flexibility index (Phi) is 4.10. The lowest BCUT2D eigenvalue weighted by Crippen LogP contribution is -2.33. The predicted molar refractivity (Wildman–Crippen MR) is 70.3 cm³/mol. The summed E-state index contributed by atoms with van der Waals surface area (Å²) in [6.45, 7) is 2.64. The number of rotatable bonds is 4. The number of nitro groups is 1. The molecule has 2 rings (SSSR count). The lowest BCUT2D eigenvalue weighted by molar-refractivity contribution is -0.383. The minimum atomic E-state index is -0.475. The number of hydrogen-bond donors (Lipinski definition) is 2. The van der Waals surface area contributed by atoms with E-state index in [9.17, 15) is 10.1 Å². The summed E-state index contributed by atoms with van der Waals surface area (Å²) in [6.07, 6.45) is 3.07. The Hall–Kier alpha value is -1.96. The van der Waals surface area contributed by atoms with Crippen molar-refractivity contribution in [1.82, 2.24) is 9.97 Å². The van der Waals surface area contributed by atoms with E-state index in [4.69, 9.17) is 4.74 Å². The van der Waals surface area contributed by atoms with E-state index in [0.29, 0.717) is 6.61 Å². The van der Waals surface area contributed by atoms with E-state index < -0.39 is 4.92 Å². The molecular formula is C11H17N5O3. The zero-order valence-electron chi connectivity index (χ0n) is 10.9. The standard InChI is InChI=1S/C11H17N5O3/c1-7-5-8(3-4-19-7)15-11-9(16(17)18)10(12-2)13-6-14-11/h6-8H,3-5H2,1-2H3,(H2,12,13,14,15). The summed E-state index contributed by atoms with van der Waals surface area (Å²) in [5, 5.41) is 17.0. The van der Waals surface area contributed by atoms with Crippen molar-refractivity contribution in [3.63, 3.8) is 0 Å². The van der Waals surface area contributed by atoms with Crippen molar-refractivity contribution in [2.24, 2.45) is 0 Å². The van der Waals surface area contributed by atoms with Crippen LogP contribution in [0.15, 0.2) is 6.33 Å². The Morgan fingerprint density at radius 2 is 2.21 bits per heavy atom. The number of nitrogens with zero attached hydrogens (tertiary/aromatic N) is 3. The van der Waals surface area contributed by atoms with E-state index >= 15 is 0 Å². The third kappa shape index (κ3) is 3.08. The molecule has 2 N–H and O–H groups in total. The molecule has 1 saturated heterocycles. The highest BCUT2D eigenvalue weighted by molar-refractivity contribution is 5.69. The highest BCUT2D eigenvalue weighted by atomic mass is 16.6. The molecule has 0 spiro atoms. The van der Waals surface area contributed by atoms with Gasteiger partial charge >= 0.3 is 5.69 Å². The molecule has 0 aliphatic carbocycles. The van der Waals surface area contributed by atoms with Gasteiger partial charge in [-0.25, -0.2) is 9.97 Å². The number of anilines is 2. The number of aromatic nitrogens is 2. The van der Waals surface area contributed by atoms with Crippen molar-refractivity contribution in [1.29, 1.82) is 0 Å². The van der Waals surface area contributed by atoms with Crippen LogP contribution in [0.25, 0.3) is 0 Å². The van der Waals surface area contributed by atoms with Crippen LogP contribution in [0.4, 0.5) is 17.3 Å². The van der Waals surface area contributed by atoms with Gasteiger partial charge in [0, 0.05) is 19.7 Å². The van der Waals surface area contributed by atoms with Gasteiger partial charge in [-0.05, 0) is 19.8 Å². The first-order chi connectivity index (χ1) is 9.11. The van der Waals surface area contributed by atoms with Crippen LogP contribution in [0.2, 0.25) is 0 Å². The van der Waals surface area contributed by atoms with E-state index in [-0.39, 0.29) is 29.5 Å². The fraction of sp³-hybridized carbons (Fsp3) is 0.636. The van der Waals surface area contributed by atoms with Crippen LogP contribution in [0.5, 0.6) is 0 Å². The summed E-state index contributed by atoms with van der Waals surface area (Å²) in [6, 6.07) is 0.127. The van der Waals surface area contributed by atoms with Crippen LogP contribution in [0.1, 0.15) is 19.8 Å². The van der Waals surface area contributed by atoms with Gasteiger partial charge in [-0.2, -0.15) is 0 Å². The van der Waals surface area contributed by atoms with Gasteiger partial charge in [-0.15, -0.1) is 0 Å². The van der Waals surface area contributed by atoms with E-state index in [1.165, 1.54) is 6.33 Å². The molecular weight excluding hydrogens is 250 g/mol. The van der Waals surface area contributed by atoms with Crippen molar-refractivity contribution in [2.45, 2.75) is 31.9 Å². The fourth-order valence-electron chi connectivity index (χ4n) is 2.16. The summed E-state index contributed by atoms with van der Waals surface area (Å²) in [5.41, 5.74) is -0.121. The summed E-state index contributed by atoms with van der Waals surface area (Å²) in [5.74, 6) is 0.464. The first-order valence-electron chi connectivity index (χ1n) is 6.17. The highest BCUT2D eigenvalue weighted by Crippen LogP contribution is 2.30. The zero-order chi connectivity index (χ0) is 13.8. The van der Waals surface area contributed by atoms with E-state index in [0.717, 1.165) is 12.8 Å². The number of ether oxygens (including phenoxy) is 1.